The zero-order valence-corrected chi connectivity index (χ0v) is 11.3. The van der Waals surface area contributed by atoms with E-state index in [1.165, 1.54) is 49.6 Å². The van der Waals surface area contributed by atoms with Gasteiger partial charge in [-0.25, -0.2) is 4.98 Å². The summed E-state index contributed by atoms with van der Waals surface area (Å²) in [4.78, 5) is 7.19. The third kappa shape index (κ3) is 2.99. The summed E-state index contributed by atoms with van der Waals surface area (Å²) in [6.45, 7) is 5.67. The largest absolute Gasteiger partial charge is 0.348 e. The predicted octanol–water partition coefficient (Wildman–Crippen LogP) is 2.63. The van der Waals surface area contributed by atoms with Crippen LogP contribution >= 0.6 is 11.3 Å². The third-order valence-electron chi connectivity index (χ3n) is 3.74. The van der Waals surface area contributed by atoms with Gasteiger partial charge in [0.2, 0.25) is 0 Å². The molecule has 2 fully saturated rings. The van der Waals surface area contributed by atoms with Gasteiger partial charge in [-0.15, -0.1) is 11.3 Å². The highest BCUT2D eigenvalue weighted by Crippen LogP contribution is 2.26. The number of aromatic nitrogens is 1. The van der Waals surface area contributed by atoms with E-state index in [1.807, 2.05) is 0 Å². The lowest BCUT2D eigenvalue weighted by Gasteiger charge is -2.29. The Bertz CT molecular complexity index is 364. The van der Waals surface area contributed by atoms with Crippen molar-refractivity contribution in [3.05, 3.63) is 11.1 Å². The lowest BCUT2D eigenvalue weighted by molar-refractivity contribution is 0.438. The molecule has 1 aliphatic heterocycles. The van der Waals surface area contributed by atoms with Crippen LogP contribution in [0.25, 0.3) is 0 Å². The lowest BCUT2D eigenvalue weighted by atomic mass is 10.00. The second kappa shape index (κ2) is 4.94. The number of thiazole rings is 1. The fraction of sp³-hybridized carbons (Fsp3) is 0.769. The van der Waals surface area contributed by atoms with E-state index in [-0.39, 0.29) is 0 Å². The van der Waals surface area contributed by atoms with Crippen molar-refractivity contribution in [1.82, 2.24) is 10.3 Å². The summed E-state index contributed by atoms with van der Waals surface area (Å²) in [7, 11) is 0. The molecule has 2 heterocycles. The molecule has 0 atom stereocenters. The Kier molecular flexibility index (Phi) is 3.34. The number of piperidine rings is 1. The van der Waals surface area contributed by atoms with Gasteiger partial charge in [0.15, 0.2) is 5.13 Å². The van der Waals surface area contributed by atoms with Crippen LogP contribution in [0.1, 0.15) is 38.3 Å². The standard InChI is InChI=1S/C13H21N3S/c1-10-4-6-16(7-5-10)13-15-12(9-17-13)8-14-11-2-3-11/h9-11,14H,2-8H2,1H3. The molecule has 1 saturated heterocycles. The average molecular weight is 251 g/mol. The van der Waals surface area contributed by atoms with Gasteiger partial charge in [-0.3, -0.25) is 0 Å². The highest BCUT2D eigenvalue weighted by Gasteiger charge is 2.21. The molecule has 1 saturated carbocycles. The summed E-state index contributed by atoms with van der Waals surface area (Å²) >= 11 is 1.80. The van der Waals surface area contributed by atoms with E-state index in [0.29, 0.717) is 0 Å². The second-order valence-corrected chi connectivity index (χ2v) is 6.28. The fourth-order valence-corrected chi connectivity index (χ4v) is 3.14. The minimum Gasteiger partial charge on any atom is -0.348 e. The minimum absolute atomic E-state index is 0.774. The van der Waals surface area contributed by atoms with Crippen LogP contribution in [0.3, 0.4) is 0 Å². The summed E-state index contributed by atoms with van der Waals surface area (Å²) in [5.41, 5.74) is 1.22. The van der Waals surface area contributed by atoms with Gasteiger partial charge in [-0.05, 0) is 31.6 Å². The number of rotatable bonds is 4. The van der Waals surface area contributed by atoms with Crippen LogP contribution in [0.5, 0.6) is 0 Å². The summed E-state index contributed by atoms with van der Waals surface area (Å²) in [6.07, 6.45) is 5.33. The van der Waals surface area contributed by atoms with Gasteiger partial charge in [0.05, 0.1) is 5.69 Å². The van der Waals surface area contributed by atoms with Crippen molar-refractivity contribution in [2.24, 2.45) is 5.92 Å². The average Bonchev–Trinajstić information content (AvgIpc) is 3.06. The second-order valence-electron chi connectivity index (χ2n) is 5.45. The van der Waals surface area contributed by atoms with Crippen LogP contribution in [0.15, 0.2) is 5.38 Å². The van der Waals surface area contributed by atoms with Crippen molar-refractivity contribution < 1.29 is 0 Å². The van der Waals surface area contributed by atoms with Gasteiger partial charge >= 0.3 is 0 Å². The highest BCUT2D eigenvalue weighted by atomic mass is 32.1. The van der Waals surface area contributed by atoms with E-state index in [9.17, 15) is 0 Å². The summed E-state index contributed by atoms with van der Waals surface area (Å²) in [5.74, 6) is 0.891. The number of nitrogens with zero attached hydrogens (tertiary/aromatic N) is 2. The van der Waals surface area contributed by atoms with Crippen molar-refractivity contribution in [2.45, 2.75) is 45.2 Å². The molecule has 0 spiro atoms. The molecular weight excluding hydrogens is 230 g/mol. The molecule has 17 heavy (non-hydrogen) atoms. The number of nitrogens with one attached hydrogen (secondary N) is 1. The summed E-state index contributed by atoms with van der Waals surface area (Å²) < 4.78 is 0. The van der Waals surface area contributed by atoms with E-state index in [4.69, 9.17) is 4.98 Å². The molecule has 94 valence electrons. The van der Waals surface area contributed by atoms with E-state index < -0.39 is 0 Å². The molecule has 0 aromatic carbocycles. The van der Waals surface area contributed by atoms with Gasteiger partial charge < -0.3 is 10.2 Å². The van der Waals surface area contributed by atoms with E-state index in [2.05, 4.69) is 22.5 Å². The van der Waals surface area contributed by atoms with Crippen LogP contribution in [-0.4, -0.2) is 24.1 Å². The molecule has 1 N–H and O–H groups in total. The smallest absolute Gasteiger partial charge is 0.185 e. The lowest BCUT2D eigenvalue weighted by Crippen LogP contribution is -2.32. The van der Waals surface area contributed by atoms with E-state index >= 15 is 0 Å². The molecule has 3 nitrogen and oxygen atoms in total. The monoisotopic (exact) mass is 251 g/mol. The van der Waals surface area contributed by atoms with Crippen LogP contribution in [0, 0.1) is 5.92 Å². The third-order valence-corrected chi connectivity index (χ3v) is 4.69. The maximum atomic E-state index is 4.74. The minimum atomic E-state index is 0.774. The Labute approximate surface area is 107 Å². The van der Waals surface area contributed by atoms with Gasteiger partial charge in [0.1, 0.15) is 0 Å². The fourth-order valence-electron chi connectivity index (χ4n) is 2.26. The van der Waals surface area contributed by atoms with Crippen molar-refractivity contribution in [2.75, 3.05) is 18.0 Å². The Hall–Kier alpha value is -0.610. The molecule has 3 rings (SSSR count). The molecular formula is C13H21N3S. The first-order valence-electron chi connectivity index (χ1n) is 6.74. The first-order valence-corrected chi connectivity index (χ1v) is 7.62. The van der Waals surface area contributed by atoms with Gasteiger partial charge in [-0.1, -0.05) is 6.92 Å². The molecule has 1 aliphatic carbocycles. The van der Waals surface area contributed by atoms with Crippen LogP contribution in [-0.2, 0) is 6.54 Å². The Balaban J connectivity index is 1.55. The summed E-state index contributed by atoms with van der Waals surface area (Å²) in [6, 6.07) is 0.774. The number of hydrogen-bond acceptors (Lipinski definition) is 4. The van der Waals surface area contributed by atoms with Gasteiger partial charge in [0, 0.05) is 31.1 Å². The number of hydrogen-bond donors (Lipinski definition) is 1. The summed E-state index contributed by atoms with van der Waals surface area (Å²) in [5, 5.41) is 6.96. The highest BCUT2D eigenvalue weighted by molar-refractivity contribution is 7.13. The molecule has 1 aromatic heterocycles. The quantitative estimate of drug-likeness (QED) is 0.891. The van der Waals surface area contributed by atoms with Crippen molar-refractivity contribution >= 4 is 16.5 Å². The molecule has 0 radical (unpaired) electrons. The van der Waals surface area contributed by atoms with Crippen molar-refractivity contribution in [3.8, 4) is 0 Å². The van der Waals surface area contributed by atoms with Gasteiger partial charge in [0.25, 0.3) is 0 Å². The SMILES string of the molecule is CC1CCN(c2nc(CNC3CC3)cs2)CC1. The normalized spacial score (nSPS) is 22.1. The molecule has 4 heteroatoms. The zero-order chi connectivity index (χ0) is 11.7. The van der Waals surface area contributed by atoms with Crippen LogP contribution in [0.4, 0.5) is 5.13 Å². The topological polar surface area (TPSA) is 28.2 Å². The van der Waals surface area contributed by atoms with Crippen LogP contribution in [0.2, 0.25) is 0 Å². The first-order chi connectivity index (χ1) is 8.31. The number of anilines is 1. The van der Waals surface area contributed by atoms with Crippen LogP contribution < -0.4 is 10.2 Å². The molecule has 1 aromatic rings. The van der Waals surface area contributed by atoms with Crippen molar-refractivity contribution in [1.29, 1.82) is 0 Å². The Morgan fingerprint density at radius 2 is 2.12 bits per heavy atom. The zero-order valence-electron chi connectivity index (χ0n) is 10.5. The maximum Gasteiger partial charge on any atom is 0.185 e. The molecule has 0 bridgehead atoms. The first kappa shape index (κ1) is 11.5. The molecule has 0 amide bonds. The molecule has 2 aliphatic rings. The Morgan fingerprint density at radius 1 is 1.35 bits per heavy atom. The van der Waals surface area contributed by atoms with E-state index in [0.717, 1.165) is 18.5 Å². The predicted molar refractivity (Wildman–Crippen MR) is 72.6 cm³/mol. The Morgan fingerprint density at radius 3 is 2.82 bits per heavy atom. The van der Waals surface area contributed by atoms with Gasteiger partial charge in [-0.2, -0.15) is 0 Å². The van der Waals surface area contributed by atoms with Crippen molar-refractivity contribution in [3.63, 3.8) is 0 Å². The maximum absolute atomic E-state index is 4.74. The van der Waals surface area contributed by atoms with E-state index in [1.54, 1.807) is 11.3 Å². The molecule has 0 unspecified atom stereocenters.